The van der Waals surface area contributed by atoms with E-state index < -0.39 is 6.10 Å². The van der Waals surface area contributed by atoms with Crippen LogP contribution in [0, 0.1) is 12.0 Å². The zero-order chi connectivity index (χ0) is 9.23. The minimum atomic E-state index is -0.620. The fourth-order valence-corrected chi connectivity index (χ4v) is 0.546. The Morgan fingerprint density at radius 2 is 2.33 bits per heavy atom. The monoisotopic (exact) mass is 170 g/mol. The van der Waals surface area contributed by atoms with Crippen molar-refractivity contribution < 1.29 is 14.6 Å². The maximum Gasteiger partial charge on any atom is 0.128 e. The van der Waals surface area contributed by atoms with Gasteiger partial charge in [0.1, 0.15) is 18.8 Å². The van der Waals surface area contributed by atoms with Crippen molar-refractivity contribution in [2.24, 2.45) is 0 Å². The van der Waals surface area contributed by atoms with Gasteiger partial charge < -0.3 is 14.6 Å². The van der Waals surface area contributed by atoms with Crippen LogP contribution >= 0.6 is 0 Å². The van der Waals surface area contributed by atoms with Crippen LogP contribution in [0.25, 0.3) is 0 Å². The SMILES string of the molecule is C=CCOCC(O)COC#CC. The zero-order valence-electron chi connectivity index (χ0n) is 7.25. The molecule has 0 aliphatic heterocycles. The van der Waals surface area contributed by atoms with Crippen molar-refractivity contribution in [1.29, 1.82) is 0 Å². The maximum atomic E-state index is 9.15. The summed E-state index contributed by atoms with van der Waals surface area (Å²) >= 11 is 0. The quantitative estimate of drug-likeness (QED) is 0.359. The van der Waals surface area contributed by atoms with E-state index in [0.717, 1.165) is 0 Å². The number of aliphatic hydroxyl groups is 1. The summed E-state index contributed by atoms with van der Waals surface area (Å²) in [6.45, 7) is 6.01. The fraction of sp³-hybridized carbons (Fsp3) is 0.556. The average molecular weight is 170 g/mol. The summed E-state index contributed by atoms with van der Waals surface area (Å²) < 4.78 is 9.74. The lowest BCUT2D eigenvalue weighted by Gasteiger charge is -2.07. The molecule has 0 radical (unpaired) electrons. The molecule has 3 nitrogen and oxygen atoms in total. The van der Waals surface area contributed by atoms with Crippen LogP contribution in [-0.4, -0.2) is 31.0 Å². The van der Waals surface area contributed by atoms with Crippen LogP contribution < -0.4 is 0 Å². The predicted molar refractivity (Wildman–Crippen MR) is 46.4 cm³/mol. The molecule has 0 heterocycles. The van der Waals surface area contributed by atoms with Gasteiger partial charge in [-0.2, -0.15) is 0 Å². The van der Waals surface area contributed by atoms with E-state index in [1.807, 2.05) is 0 Å². The van der Waals surface area contributed by atoms with E-state index in [0.29, 0.717) is 6.61 Å². The van der Waals surface area contributed by atoms with E-state index in [1.165, 1.54) is 0 Å². The smallest absolute Gasteiger partial charge is 0.128 e. The minimum Gasteiger partial charge on any atom is -0.444 e. The van der Waals surface area contributed by atoms with Gasteiger partial charge in [0, 0.05) is 6.92 Å². The normalized spacial score (nSPS) is 11.2. The first-order valence-corrected chi connectivity index (χ1v) is 3.71. The van der Waals surface area contributed by atoms with E-state index in [1.54, 1.807) is 13.0 Å². The molecule has 0 amide bonds. The van der Waals surface area contributed by atoms with E-state index in [2.05, 4.69) is 18.6 Å². The van der Waals surface area contributed by atoms with Crippen molar-refractivity contribution in [3.05, 3.63) is 12.7 Å². The van der Waals surface area contributed by atoms with E-state index >= 15 is 0 Å². The van der Waals surface area contributed by atoms with Crippen molar-refractivity contribution in [2.75, 3.05) is 19.8 Å². The average Bonchev–Trinajstić information content (AvgIpc) is 2.06. The lowest BCUT2D eigenvalue weighted by atomic mass is 10.4. The minimum absolute atomic E-state index is 0.179. The molecule has 1 unspecified atom stereocenters. The molecule has 0 aromatic carbocycles. The molecule has 0 bridgehead atoms. The Balaban J connectivity index is 3.24. The summed E-state index contributed by atoms with van der Waals surface area (Å²) in [6.07, 6.45) is 3.39. The van der Waals surface area contributed by atoms with Crippen molar-refractivity contribution in [3.8, 4) is 12.0 Å². The number of ether oxygens (including phenoxy) is 2. The predicted octanol–water partition coefficient (Wildman–Crippen LogP) is 0.547. The third kappa shape index (κ3) is 7.13. The molecule has 3 heteroatoms. The van der Waals surface area contributed by atoms with Gasteiger partial charge in [-0.15, -0.1) is 6.58 Å². The molecular weight excluding hydrogens is 156 g/mol. The van der Waals surface area contributed by atoms with Crippen LogP contribution in [0.2, 0.25) is 0 Å². The Hall–Kier alpha value is -0.980. The molecule has 12 heavy (non-hydrogen) atoms. The molecule has 0 aromatic rings. The maximum absolute atomic E-state index is 9.15. The van der Waals surface area contributed by atoms with Crippen LogP contribution in [0.4, 0.5) is 0 Å². The molecule has 68 valence electrons. The van der Waals surface area contributed by atoms with E-state index in [9.17, 15) is 0 Å². The van der Waals surface area contributed by atoms with Crippen LogP contribution in [0.15, 0.2) is 12.7 Å². The second kappa shape index (κ2) is 8.12. The highest BCUT2D eigenvalue weighted by molar-refractivity contribution is 4.85. The van der Waals surface area contributed by atoms with Crippen molar-refractivity contribution in [2.45, 2.75) is 13.0 Å². The molecule has 0 aromatic heterocycles. The van der Waals surface area contributed by atoms with Crippen LogP contribution in [0.1, 0.15) is 6.92 Å². The number of rotatable bonds is 6. The molecule has 0 rings (SSSR count). The fourth-order valence-electron chi connectivity index (χ4n) is 0.546. The third-order valence-electron chi connectivity index (χ3n) is 0.996. The largest absolute Gasteiger partial charge is 0.444 e. The first-order valence-electron chi connectivity index (χ1n) is 3.71. The molecule has 0 fully saturated rings. The summed E-state index contributed by atoms with van der Waals surface area (Å²) in [6, 6.07) is 0. The van der Waals surface area contributed by atoms with E-state index in [4.69, 9.17) is 14.6 Å². The van der Waals surface area contributed by atoms with Crippen LogP contribution in [0.5, 0.6) is 0 Å². The Kier molecular flexibility index (Phi) is 7.46. The van der Waals surface area contributed by atoms with Gasteiger partial charge >= 0.3 is 0 Å². The molecular formula is C9H14O3. The molecule has 0 saturated carbocycles. The van der Waals surface area contributed by atoms with E-state index in [-0.39, 0.29) is 13.2 Å². The Bertz CT molecular complexity index is 166. The highest BCUT2D eigenvalue weighted by Gasteiger charge is 2.02. The van der Waals surface area contributed by atoms with Gasteiger partial charge in [0.2, 0.25) is 0 Å². The number of hydrogen-bond acceptors (Lipinski definition) is 3. The van der Waals surface area contributed by atoms with Crippen LogP contribution in [-0.2, 0) is 9.47 Å². The summed E-state index contributed by atoms with van der Waals surface area (Å²) in [5.41, 5.74) is 0. The molecule has 1 atom stereocenters. The summed E-state index contributed by atoms with van der Waals surface area (Å²) in [4.78, 5) is 0. The molecule has 0 saturated heterocycles. The molecule has 0 aliphatic rings. The summed E-state index contributed by atoms with van der Waals surface area (Å²) in [7, 11) is 0. The van der Waals surface area contributed by atoms with Crippen molar-refractivity contribution >= 4 is 0 Å². The topological polar surface area (TPSA) is 38.7 Å². The highest BCUT2D eigenvalue weighted by Crippen LogP contribution is 1.86. The third-order valence-corrected chi connectivity index (χ3v) is 0.996. The second-order valence-corrected chi connectivity index (χ2v) is 2.14. The van der Waals surface area contributed by atoms with Crippen molar-refractivity contribution in [1.82, 2.24) is 0 Å². The van der Waals surface area contributed by atoms with Crippen molar-refractivity contribution in [3.63, 3.8) is 0 Å². The first kappa shape index (κ1) is 11.0. The van der Waals surface area contributed by atoms with Crippen LogP contribution in [0.3, 0.4) is 0 Å². The lowest BCUT2D eigenvalue weighted by Crippen LogP contribution is -2.20. The number of hydrogen-bond donors (Lipinski definition) is 1. The Labute approximate surface area is 73.0 Å². The second-order valence-electron chi connectivity index (χ2n) is 2.14. The van der Waals surface area contributed by atoms with Gasteiger partial charge in [-0.1, -0.05) is 12.0 Å². The Morgan fingerprint density at radius 3 is 2.92 bits per heavy atom. The van der Waals surface area contributed by atoms with Gasteiger partial charge in [-0.3, -0.25) is 0 Å². The standard InChI is InChI=1S/C9H14O3/c1-3-5-11-7-9(10)8-12-6-4-2/h3,9-10H,1,5,7-8H2,2H3. The molecule has 0 spiro atoms. The van der Waals surface area contributed by atoms with Gasteiger partial charge in [0.05, 0.1) is 13.2 Å². The highest BCUT2D eigenvalue weighted by atomic mass is 16.5. The van der Waals surface area contributed by atoms with Gasteiger partial charge in [-0.25, -0.2) is 0 Å². The summed E-state index contributed by atoms with van der Waals surface area (Å²) in [5, 5.41) is 9.15. The first-order chi connectivity index (χ1) is 5.81. The Morgan fingerprint density at radius 1 is 1.58 bits per heavy atom. The molecule has 0 aliphatic carbocycles. The number of aliphatic hydroxyl groups excluding tert-OH is 1. The lowest BCUT2D eigenvalue weighted by molar-refractivity contribution is 0.0147. The van der Waals surface area contributed by atoms with Gasteiger partial charge in [0.25, 0.3) is 0 Å². The summed E-state index contributed by atoms with van der Waals surface area (Å²) in [5.74, 6) is 2.55. The van der Waals surface area contributed by atoms with Gasteiger partial charge in [0.15, 0.2) is 0 Å². The molecule has 1 N–H and O–H groups in total. The van der Waals surface area contributed by atoms with Gasteiger partial charge in [-0.05, 0) is 0 Å². The zero-order valence-corrected chi connectivity index (χ0v) is 7.25.